The average molecular weight is 250 g/mol. The summed E-state index contributed by atoms with van der Waals surface area (Å²) in [6.07, 6.45) is -4.69. The Labute approximate surface area is 95.2 Å². The number of methoxy groups -OCH3 is 1. The van der Waals surface area contributed by atoms with Crippen molar-refractivity contribution in [3.8, 4) is 11.8 Å². The molecule has 0 saturated heterocycles. The van der Waals surface area contributed by atoms with Crippen molar-refractivity contribution < 1.29 is 17.9 Å². The van der Waals surface area contributed by atoms with E-state index in [0.717, 1.165) is 13.2 Å². The average Bonchev–Trinajstić information content (AvgIpc) is 2.16. The lowest BCUT2D eigenvalue weighted by Gasteiger charge is -2.14. The first-order chi connectivity index (χ1) is 7.40. The second kappa shape index (κ2) is 4.62. The molecule has 1 aromatic rings. The zero-order valence-corrected chi connectivity index (χ0v) is 8.99. The predicted octanol–water partition coefficient (Wildman–Crippen LogP) is 3.43. The van der Waals surface area contributed by atoms with Gasteiger partial charge in [0.2, 0.25) is 0 Å². The van der Waals surface area contributed by atoms with Crippen molar-refractivity contribution in [1.82, 2.24) is 0 Å². The monoisotopic (exact) mass is 249 g/mol. The van der Waals surface area contributed by atoms with Gasteiger partial charge in [0.25, 0.3) is 0 Å². The standard InChI is InChI=1S/C10H7ClF3NO/c1-16-9-7(10(12,13)14)4-6(2-3-15)5-8(9)11/h4-5H,2H2,1H3. The molecule has 0 heterocycles. The molecule has 0 aromatic heterocycles. The highest BCUT2D eigenvalue weighted by Gasteiger charge is 2.35. The normalized spacial score (nSPS) is 11.0. The molecular formula is C10H7ClF3NO. The van der Waals surface area contributed by atoms with Crippen molar-refractivity contribution in [2.45, 2.75) is 12.6 Å². The van der Waals surface area contributed by atoms with E-state index in [1.165, 1.54) is 6.07 Å². The van der Waals surface area contributed by atoms with E-state index in [0.29, 0.717) is 0 Å². The van der Waals surface area contributed by atoms with Gasteiger partial charge in [-0.1, -0.05) is 11.6 Å². The molecule has 0 fully saturated rings. The summed E-state index contributed by atoms with van der Waals surface area (Å²) in [4.78, 5) is 0. The molecule has 0 amide bonds. The van der Waals surface area contributed by atoms with Crippen molar-refractivity contribution >= 4 is 11.6 Å². The molecule has 0 N–H and O–H groups in total. The van der Waals surface area contributed by atoms with Gasteiger partial charge in [-0.2, -0.15) is 18.4 Å². The molecule has 1 aromatic carbocycles. The summed E-state index contributed by atoms with van der Waals surface area (Å²) in [7, 11) is 1.11. The molecule has 2 nitrogen and oxygen atoms in total. The van der Waals surface area contributed by atoms with Crippen LogP contribution in [-0.2, 0) is 12.6 Å². The summed E-state index contributed by atoms with van der Waals surface area (Å²) in [5.74, 6) is -0.421. The van der Waals surface area contributed by atoms with Crippen LogP contribution < -0.4 is 4.74 Å². The van der Waals surface area contributed by atoms with E-state index < -0.39 is 17.5 Å². The Balaban J connectivity index is 3.38. The zero-order chi connectivity index (χ0) is 12.3. The van der Waals surface area contributed by atoms with E-state index in [-0.39, 0.29) is 17.0 Å². The molecule has 0 unspecified atom stereocenters. The van der Waals surface area contributed by atoms with E-state index in [9.17, 15) is 13.2 Å². The fourth-order valence-corrected chi connectivity index (χ4v) is 1.58. The van der Waals surface area contributed by atoms with Crippen molar-refractivity contribution in [2.24, 2.45) is 0 Å². The van der Waals surface area contributed by atoms with Gasteiger partial charge >= 0.3 is 6.18 Å². The molecule has 1 rings (SSSR count). The lowest BCUT2D eigenvalue weighted by atomic mass is 10.1. The summed E-state index contributed by atoms with van der Waals surface area (Å²) in [6.45, 7) is 0. The van der Waals surface area contributed by atoms with Gasteiger partial charge in [0.05, 0.1) is 30.2 Å². The summed E-state index contributed by atoms with van der Waals surface area (Å²) in [5.41, 5.74) is -0.756. The topological polar surface area (TPSA) is 33.0 Å². The van der Waals surface area contributed by atoms with Crippen molar-refractivity contribution in [3.63, 3.8) is 0 Å². The molecule has 0 radical (unpaired) electrons. The van der Waals surface area contributed by atoms with Gasteiger partial charge in [-0.05, 0) is 17.7 Å². The predicted molar refractivity (Wildman–Crippen MR) is 52.3 cm³/mol. The van der Waals surface area contributed by atoms with Gasteiger partial charge in [0.15, 0.2) is 0 Å². The maximum atomic E-state index is 12.6. The summed E-state index contributed by atoms with van der Waals surface area (Å²) in [6, 6.07) is 3.92. The minimum atomic E-state index is -4.56. The number of hydrogen-bond acceptors (Lipinski definition) is 2. The molecular weight excluding hydrogens is 243 g/mol. The first-order valence-corrected chi connectivity index (χ1v) is 4.58. The number of benzene rings is 1. The molecule has 0 atom stereocenters. The quantitative estimate of drug-likeness (QED) is 0.804. The fourth-order valence-electron chi connectivity index (χ4n) is 1.26. The molecule has 86 valence electrons. The second-order valence-corrected chi connectivity index (χ2v) is 3.40. The molecule has 0 aliphatic rings. The molecule has 16 heavy (non-hydrogen) atoms. The number of ether oxygens (including phenoxy) is 1. The van der Waals surface area contributed by atoms with E-state index in [2.05, 4.69) is 4.74 Å². The first-order valence-electron chi connectivity index (χ1n) is 4.20. The number of nitrogens with zero attached hydrogens (tertiary/aromatic N) is 1. The van der Waals surface area contributed by atoms with Gasteiger partial charge in [0.1, 0.15) is 5.75 Å². The van der Waals surface area contributed by atoms with E-state index in [1.54, 1.807) is 6.07 Å². The van der Waals surface area contributed by atoms with Crippen LogP contribution in [0.5, 0.6) is 5.75 Å². The van der Waals surface area contributed by atoms with Crippen LogP contribution in [0.25, 0.3) is 0 Å². The van der Waals surface area contributed by atoms with Crippen LogP contribution in [0.1, 0.15) is 11.1 Å². The lowest BCUT2D eigenvalue weighted by molar-refractivity contribution is -0.138. The maximum absolute atomic E-state index is 12.6. The number of halogens is 4. The SMILES string of the molecule is COc1c(Cl)cc(CC#N)cc1C(F)(F)F. The molecule has 0 aliphatic carbocycles. The Morgan fingerprint density at radius 2 is 2.06 bits per heavy atom. The van der Waals surface area contributed by atoms with Gasteiger partial charge < -0.3 is 4.74 Å². The van der Waals surface area contributed by atoms with Crippen LogP contribution >= 0.6 is 11.6 Å². The number of rotatable bonds is 2. The summed E-state index contributed by atoms with van der Waals surface area (Å²) >= 11 is 5.64. The zero-order valence-electron chi connectivity index (χ0n) is 8.23. The number of hydrogen-bond donors (Lipinski definition) is 0. The number of nitriles is 1. The Morgan fingerprint density at radius 1 is 1.44 bits per heavy atom. The molecule has 0 spiro atoms. The molecule has 0 bridgehead atoms. The Kier molecular flexibility index (Phi) is 3.66. The molecule has 6 heteroatoms. The molecule has 0 aliphatic heterocycles. The Hall–Kier alpha value is -1.41. The Bertz CT molecular complexity index is 437. The Morgan fingerprint density at radius 3 is 2.50 bits per heavy atom. The van der Waals surface area contributed by atoms with Gasteiger partial charge in [-0.25, -0.2) is 0 Å². The van der Waals surface area contributed by atoms with E-state index in [1.807, 2.05) is 0 Å². The summed E-state index contributed by atoms with van der Waals surface area (Å²) in [5, 5.41) is 8.27. The van der Waals surface area contributed by atoms with Crippen molar-refractivity contribution in [2.75, 3.05) is 7.11 Å². The van der Waals surface area contributed by atoms with Gasteiger partial charge in [0, 0.05) is 0 Å². The minimum Gasteiger partial charge on any atom is -0.495 e. The highest BCUT2D eigenvalue weighted by Crippen LogP contribution is 2.40. The van der Waals surface area contributed by atoms with Crippen LogP contribution in [0.3, 0.4) is 0 Å². The van der Waals surface area contributed by atoms with Crippen LogP contribution in [-0.4, -0.2) is 7.11 Å². The third-order valence-electron chi connectivity index (χ3n) is 1.90. The minimum absolute atomic E-state index is 0.132. The van der Waals surface area contributed by atoms with Crippen LogP contribution in [0.4, 0.5) is 13.2 Å². The lowest BCUT2D eigenvalue weighted by Crippen LogP contribution is -2.08. The third kappa shape index (κ3) is 2.58. The smallest absolute Gasteiger partial charge is 0.420 e. The van der Waals surface area contributed by atoms with Crippen LogP contribution in [0, 0.1) is 11.3 Å². The maximum Gasteiger partial charge on any atom is 0.420 e. The van der Waals surface area contributed by atoms with Gasteiger partial charge in [-0.15, -0.1) is 0 Å². The number of alkyl halides is 3. The van der Waals surface area contributed by atoms with Gasteiger partial charge in [-0.3, -0.25) is 0 Å². The van der Waals surface area contributed by atoms with E-state index >= 15 is 0 Å². The van der Waals surface area contributed by atoms with Crippen LogP contribution in [0.15, 0.2) is 12.1 Å². The van der Waals surface area contributed by atoms with Crippen LogP contribution in [0.2, 0.25) is 5.02 Å². The van der Waals surface area contributed by atoms with Crippen molar-refractivity contribution in [1.29, 1.82) is 5.26 Å². The first kappa shape index (κ1) is 12.7. The molecule has 0 saturated carbocycles. The van der Waals surface area contributed by atoms with E-state index in [4.69, 9.17) is 16.9 Å². The van der Waals surface area contributed by atoms with Crippen molar-refractivity contribution in [3.05, 3.63) is 28.3 Å². The third-order valence-corrected chi connectivity index (χ3v) is 2.18. The largest absolute Gasteiger partial charge is 0.495 e. The summed E-state index contributed by atoms with van der Waals surface area (Å²) < 4.78 is 42.4. The highest BCUT2D eigenvalue weighted by atomic mass is 35.5. The second-order valence-electron chi connectivity index (χ2n) is 2.99. The fraction of sp³-hybridized carbons (Fsp3) is 0.300. The highest BCUT2D eigenvalue weighted by molar-refractivity contribution is 6.32.